The van der Waals surface area contributed by atoms with E-state index in [-0.39, 0.29) is 12.0 Å². The first-order valence-corrected chi connectivity index (χ1v) is 6.58. The number of nitrogens with two attached hydrogens (primary N) is 1. The van der Waals surface area contributed by atoms with E-state index in [9.17, 15) is 5.11 Å². The van der Waals surface area contributed by atoms with Gasteiger partial charge in [0, 0.05) is 6.04 Å². The number of benzene rings is 1. The van der Waals surface area contributed by atoms with E-state index in [0.717, 1.165) is 12.2 Å². The lowest BCUT2D eigenvalue weighted by Crippen LogP contribution is -2.34. The van der Waals surface area contributed by atoms with Crippen LogP contribution in [0.3, 0.4) is 0 Å². The van der Waals surface area contributed by atoms with Crippen LogP contribution in [0.5, 0.6) is 5.75 Å². The predicted octanol–water partition coefficient (Wildman–Crippen LogP) is 2.60. The van der Waals surface area contributed by atoms with Crippen LogP contribution in [-0.4, -0.2) is 24.4 Å². The number of aliphatic hydroxyl groups is 1. The van der Waals surface area contributed by atoms with Crippen molar-refractivity contribution in [1.29, 1.82) is 0 Å². The summed E-state index contributed by atoms with van der Waals surface area (Å²) in [6.45, 7) is 6.17. The van der Waals surface area contributed by atoms with Crippen molar-refractivity contribution in [2.24, 2.45) is 5.73 Å². The maximum Gasteiger partial charge on any atom is 0.122 e. The molecule has 0 radical (unpaired) electrons. The van der Waals surface area contributed by atoms with Crippen molar-refractivity contribution in [3.05, 3.63) is 29.3 Å². The van der Waals surface area contributed by atoms with Crippen molar-refractivity contribution in [1.82, 2.24) is 0 Å². The second kappa shape index (κ2) is 6.76. The van der Waals surface area contributed by atoms with E-state index in [4.69, 9.17) is 10.5 Å². The Labute approximate surface area is 110 Å². The molecule has 3 heteroatoms. The summed E-state index contributed by atoms with van der Waals surface area (Å²) < 4.78 is 5.40. The van der Waals surface area contributed by atoms with Gasteiger partial charge in [-0.1, -0.05) is 26.0 Å². The highest BCUT2D eigenvalue weighted by Gasteiger charge is 2.20. The summed E-state index contributed by atoms with van der Waals surface area (Å²) in [5.41, 5.74) is 8.23. The fourth-order valence-corrected chi connectivity index (χ4v) is 2.39. The molecule has 18 heavy (non-hydrogen) atoms. The first kappa shape index (κ1) is 15.0. The highest BCUT2D eigenvalue weighted by atomic mass is 16.5. The molecule has 1 aromatic rings. The van der Waals surface area contributed by atoms with Crippen molar-refractivity contribution < 1.29 is 9.84 Å². The van der Waals surface area contributed by atoms with Crippen LogP contribution in [0.25, 0.3) is 0 Å². The Kier molecular flexibility index (Phi) is 5.63. The molecule has 0 heterocycles. The van der Waals surface area contributed by atoms with Crippen LogP contribution in [0.15, 0.2) is 18.2 Å². The van der Waals surface area contributed by atoms with E-state index in [2.05, 4.69) is 19.9 Å². The Bertz CT molecular complexity index is 379. The smallest absolute Gasteiger partial charge is 0.122 e. The molecular weight excluding hydrogens is 226 g/mol. The lowest BCUT2D eigenvalue weighted by molar-refractivity contribution is 0.126. The van der Waals surface area contributed by atoms with Gasteiger partial charge in [0.15, 0.2) is 0 Å². The van der Waals surface area contributed by atoms with Crippen molar-refractivity contribution in [2.45, 2.75) is 51.7 Å². The summed E-state index contributed by atoms with van der Waals surface area (Å²) in [7, 11) is 1.68. The third-order valence-electron chi connectivity index (χ3n) is 3.56. The molecule has 0 spiro atoms. The number of rotatable bonds is 6. The summed E-state index contributed by atoms with van der Waals surface area (Å²) >= 11 is 0. The number of hydrogen-bond acceptors (Lipinski definition) is 3. The Morgan fingerprint density at radius 3 is 2.61 bits per heavy atom. The molecule has 0 aliphatic rings. The highest BCUT2D eigenvalue weighted by Crippen LogP contribution is 2.32. The maximum absolute atomic E-state index is 10.0. The van der Waals surface area contributed by atoms with Gasteiger partial charge in [0.05, 0.1) is 13.2 Å². The molecule has 1 rings (SSSR count). The summed E-state index contributed by atoms with van der Waals surface area (Å²) in [4.78, 5) is 0. The summed E-state index contributed by atoms with van der Waals surface area (Å²) in [6, 6.07) is 5.87. The summed E-state index contributed by atoms with van der Waals surface area (Å²) in [5, 5.41) is 10.0. The fraction of sp³-hybridized carbons (Fsp3) is 0.600. The van der Waals surface area contributed by atoms with E-state index in [1.54, 1.807) is 7.11 Å². The first-order chi connectivity index (χ1) is 8.51. The predicted molar refractivity (Wildman–Crippen MR) is 75.0 cm³/mol. The minimum Gasteiger partial charge on any atom is -0.496 e. The molecule has 3 unspecified atom stereocenters. The molecule has 3 nitrogen and oxygen atoms in total. The zero-order chi connectivity index (χ0) is 13.7. The molecule has 0 aromatic heterocycles. The Morgan fingerprint density at radius 1 is 1.39 bits per heavy atom. The van der Waals surface area contributed by atoms with Gasteiger partial charge in [0.25, 0.3) is 0 Å². The van der Waals surface area contributed by atoms with Crippen molar-refractivity contribution in [2.75, 3.05) is 7.11 Å². The molecule has 0 amide bonds. The molecule has 1 aromatic carbocycles. The van der Waals surface area contributed by atoms with Gasteiger partial charge in [-0.25, -0.2) is 0 Å². The van der Waals surface area contributed by atoms with Gasteiger partial charge in [-0.05, 0) is 42.9 Å². The largest absolute Gasteiger partial charge is 0.496 e. The van der Waals surface area contributed by atoms with E-state index in [1.807, 2.05) is 19.1 Å². The first-order valence-electron chi connectivity index (χ1n) is 6.58. The SMILES string of the molecule is CCC(N)C(O)CC(C)c1c(C)cccc1OC. The lowest BCUT2D eigenvalue weighted by atomic mass is 9.88. The van der Waals surface area contributed by atoms with Gasteiger partial charge in [-0.3, -0.25) is 0 Å². The standard InChI is InChI=1S/C15H25NO2/c1-5-12(16)13(17)9-11(3)15-10(2)7-6-8-14(15)18-4/h6-8,11-13,17H,5,9,16H2,1-4H3. The van der Waals surface area contributed by atoms with Gasteiger partial charge in [-0.15, -0.1) is 0 Å². The van der Waals surface area contributed by atoms with Crippen LogP contribution in [0.4, 0.5) is 0 Å². The maximum atomic E-state index is 10.0. The molecular formula is C15H25NO2. The van der Waals surface area contributed by atoms with Crippen LogP contribution >= 0.6 is 0 Å². The Balaban J connectivity index is 2.87. The number of hydrogen-bond donors (Lipinski definition) is 2. The Hall–Kier alpha value is -1.06. The van der Waals surface area contributed by atoms with Crippen LogP contribution in [0, 0.1) is 6.92 Å². The molecule has 0 saturated carbocycles. The van der Waals surface area contributed by atoms with E-state index in [1.165, 1.54) is 11.1 Å². The summed E-state index contributed by atoms with van der Waals surface area (Å²) in [6.07, 6.45) is 0.990. The van der Waals surface area contributed by atoms with Gasteiger partial charge in [-0.2, -0.15) is 0 Å². The molecule has 0 bridgehead atoms. The van der Waals surface area contributed by atoms with Gasteiger partial charge in [0.2, 0.25) is 0 Å². The topological polar surface area (TPSA) is 55.5 Å². The van der Waals surface area contributed by atoms with Crippen molar-refractivity contribution in [3.63, 3.8) is 0 Å². The number of aliphatic hydroxyl groups excluding tert-OH is 1. The van der Waals surface area contributed by atoms with Crippen molar-refractivity contribution in [3.8, 4) is 5.75 Å². The van der Waals surface area contributed by atoms with E-state index >= 15 is 0 Å². The van der Waals surface area contributed by atoms with Crippen LogP contribution in [-0.2, 0) is 0 Å². The molecule has 0 aliphatic carbocycles. The zero-order valence-electron chi connectivity index (χ0n) is 11.8. The lowest BCUT2D eigenvalue weighted by Gasteiger charge is -2.23. The van der Waals surface area contributed by atoms with E-state index < -0.39 is 6.10 Å². The second-order valence-electron chi connectivity index (χ2n) is 4.97. The molecule has 0 fully saturated rings. The average Bonchev–Trinajstić information content (AvgIpc) is 2.36. The quantitative estimate of drug-likeness (QED) is 0.817. The van der Waals surface area contributed by atoms with E-state index in [0.29, 0.717) is 6.42 Å². The minimum atomic E-state index is -0.464. The monoisotopic (exact) mass is 251 g/mol. The highest BCUT2D eigenvalue weighted by molar-refractivity contribution is 5.42. The molecule has 0 aliphatic heterocycles. The third kappa shape index (κ3) is 3.47. The summed E-state index contributed by atoms with van der Waals surface area (Å²) in [5.74, 6) is 1.12. The van der Waals surface area contributed by atoms with Gasteiger partial charge >= 0.3 is 0 Å². The average molecular weight is 251 g/mol. The van der Waals surface area contributed by atoms with Crippen LogP contribution in [0.1, 0.15) is 43.7 Å². The molecule has 3 atom stereocenters. The van der Waals surface area contributed by atoms with Crippen LogP contribution in [0.2, 0.25) is 0 Å². The fourth-order valence-electron chi connectivity index (χ4n) is 2.39. The minimum absolute atomic E-state index is 0.150. The molecule has 102 valence electrons. The van der Waals surface area contributed by atoms with Gasteiger partial charge in [0.1, 0.15) is 5.75 Å². The molecule has 3 N–H and O–H groups in total. The second-order valence-corrected chi connectivity index (χ2v) is 4.97. The van der Waals surface area contributed by atoms with Crippen LogP contribution < -0.4 is 10.5 Å². The van der Waals surface area contributed by atoms with Crippen molar-refractivity contribution >= 4 is 0 Å². The third-order valence-corrected chi connectivity index (χ3v) is 3.56. The number of aryl methyl sites for hydroxylation is 1. The number of ether oxygens (including phenoxy) is 1. The zero-order valence-corrected chi connectivity index (χ0v) is 11.8. The van der Waals surface area contributed by atoms with Gasteiger partial charge < -0.3 is 15.6 Å². The molecule has 0 saturated heterocycles. The Morgan fingerprint density at radius 2 is 2.06 bits per heavy atom. The number of methoxy groups -OCH3 is 1. The normalized spacial score (nSPS) is 16.1.